The molecule has 2 rings (SSSR count). The number of hydrogen-bond donors (Lipinski definition) is 2. The Morgan fingerprint density at radius 3 is 2.26 bits per heavy atom. The molecule has 0 aliphatic heterocycles. The topological polar surface area (TPSA) is 75.6 Å². The summed E-state index contributed by atoms with van der Waals surface area (Å²) in [4.78, 5) is 22.8. The Kier molecular flexibility index (Phi) is 4.82. The minimum absolute atomic E-state index is 0.0341. The van der Waals surface area contributed by atoms with E-state index in [-0.39, 0.29) is 24.5 Å². The van der Waals surface area contributed by atoms with E-state index in [0.29, 0.717) is 18.4 Å². The molecule has 1 saturated carbocycles. The van der Waals surface area contributed by atoms with Gasteiger partial charge in [0.1, 0.15) is 5.75 Å². The van der Waals surface area contributed by atoms with Gasteiger partial charge < -0.3 is 15.2 Å². The van der Waals surface area contributed by atoms with Crippen LogP contribution < -0.4 is 10.1 Å². The highest BCUT2D eigenvalue weighted by atomic mass is 19.4. The zero-order valence-corrected chi connectivity index (χ0v) is 12.2. The summed E-state index contributed by atoms with van der Waals surface area (Å²) in [6.45, 7) is 0. The van der Waals surface area contributed by atoms with E-state index in [1.54, 1.807) is 0 Å². The van der Waals surface area contributed by atoms with Gasteiger partial charge in [-0.25, -0.2) is 0 Å². The highest BCUT2D eigenvalue weighted by Crippen LogP contribution is 2.35. The van der Waals surface area contributed by atoms with E-state index < -0.39 is 17.9 Å². The SMILES string of the molecule is O=C(O)CC1(NC(=O)Cc2ccc(OC(F)(F)F)cc2)CCC1. The van der Waals surface area contributed by atoms with E-state index in [9.17, 15) is 22.8 Å². The van der Waals surface area contributed by atoms with Crippen LogP contribution in [0.3, 0.4) is 0 Å². The maximum atomic E-state index is 12.1. The Hall–Kier alpha value is -2.25. The molecule has 1 aromatic carbocycles. The van der Waals surface area contributed by atoms with E-state index in [4.69, 9.17) is 5.11 Å². The third-order valence-electron chi connectivity index (χ3n) is 3.73. The Labute approximate surface area is 130 Å². The summed E-state index contributed by atoms with van der Waals surface area (Å²) in [6, 6.07) is 5.00. The summed E-state index contributed by atoms with van der Waals surface area (Å²) in [5, 5.41) is 11.6. The number of nitrogens with one attached hydrogen (secondary N) is 1. The lowest BCUT2D eigenvalue weighted by atomic mass is 9.74. The summed E-state index contributed by atoms with van der Waals surface area (Å²) in [5.74, 6) is -1.68. The van der Waals surface area contributed by atoms with E-state index >= 15 is 0 Å². The van der Waals surface area contributed by atoms with E-state index in [1.165, 1.54) is 12.1 Å². The Balaban J connectivity index is 1.91. The number of hydrogen-bond acceptors (Lipinski definition) is 3. The van der Waals surface area contributed by atoms with Crippen molar-refractivity contribution in [1.29, 1.82) is 0 Å². The molecule has 1 amide bonds. The monoisotopic (exact) mass is 331 g/mol. The molecule has 5 nitrogen and oxygen atoms in total. The van der Waals surface area contributed by atoms with Crippen molar-refractivity contribution in [2.75, 3.05) is 0 Å². The fraction of sp³-hybridized carbons (Fsp3) is 0.467. The maximum absolute atomic E-state index is 12.1. The second kappa shape index (κ2) is 6.47. The molecule has 0 aromatic heterocycles. The van der Waals surface area contributed by atoms with Crippen LogP contribution in [-0.2, 0) is 16.0 Å². The van der Waals surface area contributed by atoms with E-state index in [0.717, 1.165) is 18.6 Å². The van der Waals surface area contributed by atoms with E-state index in [2.05, 4.69) is 10.1 Å². The molecule has 1 aliphatic carbocycles. The van der Waals surface area contributed by atoms with Crippen molar-refractivity contribution in [3.63, 3.8) is 0 Å². The van der Waals surface area contributed by atoms with Gasteiger partial charge in [0.25, 0.3) is 0 Å². The lowest BCUT2D eigenvalue weighted by Gasteiger charge is -2.41. The van der Waals surface area contributed by atoms with Crippen LogP contribution in [0.25, 0.3) is 0 Å². The molecule has 0 heterocycles. The van der Waals surface area contributed by atoms with Gasteiger partial charge >= 0.3 is 12.3 Å². The Bertz CT molecular complexity index is 579. The van der Waals surface area contributed by atoms with Crippen LogP contribution in [0.4, 0.5) is 13.2 Å². The molecule has 8 heteroatoms. The van der Waals surface area contributed by atoms with Crippen LogP contribution in [0.5, 0.6) is 5.75 Å². The van der Waals surface area contributed by atoms with Crippen molar-refractivity contribution in [2.24, 2.45) is 0 Å². The van der Waals surface area contributed by atoms with Crippen molar-refractivity contribution < 1.29 is 32.6 Å². The number of carboxylic acid groups (broad SMARTS) is 1. The minimum Gasteiger partial charge on any atom is -0.481 e. The number of aliphatic carboxylic acids is 1. The summed E-state index contributed by atoms with van der Waals surface area (Å²) < 4.78 is 39.9. The van der Waals surface area contributed by atoms with Gasteiger partial charge in [0, 0.05) is 0 Å². The number of alkyl halides is 3. The smallest absolute Gasteiger partial charge is 0.481 e. The van der Waals surface area contributed by atoms with Crippen LogP contribution >= 0.6 is 0 Å². The largest absolute Gasteiger partial charge is 0.573 e. The van der Waals surface area contributed by atoms with Crippen molar-refractivity contribution >= 4 is 11.9 Å². The molecule has 0 unspecified atom stereocenters. The Morgan fingerprint density at radius 1 is 1.22 bits per heavy atom. The molecule has 0 atom stereocenters. The highest BCUT2D eigenvalue weighted by molar-refractivity contribution is 5.80. The molecule has 1 aromatic rings. The first kappa shape index (κ1) is 17.1. The van der Waals surface area contributed by atoms with Crippen LogP contribution in [0.2, 0.25) is 0 Å². The second-order valence-electron chi connectivity index (χ2n) is 5.62. The first-order chi connectivity index (χ1) is 10.7. The predicted octanol–water partition coefficient (Wildman–Crippen LogP) is 2.64. The fourth-order valence-electron chi connectivity index (χ4n) is 2.57. The molecule has 0 bridgehead atoms. The first-order valence-electron chi connectivity index (χ1n) is 7.05. The number of rotatable bonds is 6. The third-order valence-corrected chi connectivity index (χ3v) is 3.73. The van der Waals surface area contributed by atoms with Gasteiger partial charge in [0.15, 0.2) is 0 Å². The van der Waals surface area contributed by atoms with E-state index in [1.807, 2.05) is 0 Å². The van der Waals surface area contributed by atoms with Crippen molar-refractivity contribution in [2.45, 2.75) is 44.0 Å². The van der Waals surface area contributed by atoms with Crippen LogP contribution in [0, 0.1) is 0 Å². The summed E-state index contributed by atoms with van der Waals surface area (Å²) in [6.07, 6.45) is -2.83. The number of carbonyl (C=O) groups is 2. The number of halogens is 3. The van der Waals surface area contributed by atoms with Gasteiger partial charge in [-0.05, 0) is 37.0 Å². The maximum Gasteiger partial charge on any atom is 0.573 e. The molecular weight excluding hydrogens is 315 g/mol. The number of benzene rings is 1. The van der Waals surface area contributed by atoms with Crippen LogP contribution in [-0.4, -0.2) is 28.9 Å². The zero-order chi connectivity index (χ0) is 17.1. The molecule has 0 radical (unpaired) electrons. The van der Waals surface area contributed by atoms with Crippen molar-refractivity contribution in [3.8, 4) is 5.75 Å². The lowest BCUT2D eigenvalue weighted by molar-refractivity contribution is -0.274. The summed E-state index contributed by atoms with van der Waals surface area (Å²) in [7, 11) is 0. The molecule has 0 saturated heterocycles. The predicted molar refractivity (Wildman–Crippen MR) is 73.8 cm³/mol. The number of ether oxygens (including phenoxy) is 1. The minimum atomic E-state index is -4.76. The molecular formula is C15H16F3NO4. The number of amides is 1. The molecule has 126 valence electrons. The molecule has 0 spiro atoms. The zero-order valence-electron chi connectivity index (χ0n) is 12.2. The van der Waals surface area contributed by atoms with Gasteiger partial charge in [0.05, 0.1) is 18.4 Å². The standard InChI is InChI=1S/C15H16F3NO4/c16-15(17,18)23-11-4-2-10(3-5-11)8-12(20)19-14(6-1-7-14)9-13(21)22/h2-5H,1,6-9H2,(H,19,20)(H,21,22). The lowest BCUT2D eigenvalue weighted by Crippen LogP contribution is -2.55. The van der Waals surface area contributed by atoms with Crippen molar-refractivity contribution in [1.82, 2.24) is 5.32 Å². The summed E-state index contributed by atoms with van der Waals surface area (Å²) >= 11 is 0. The summed E-state index contributed by atoms with van der Waals surface area (Å²) in [5.41, 5.74) is -0.177. The van der Waals surface area contributed by atoms with Crippen LogP contribution in [0.15, 0.2) is 24.3 Å². The second-order valence-corrected chi connectivity index (χ2v) is 5.62. The van der Waals surface area contributed by atoms with Gasteiger partial charge in [-0.2, -0.15) is 0 Å². The van der Waals surface area contributed by atoms with Gasteiger partial charge in [-0.15, -0.1) is 13.2 Å². The molecule has 1 fully saturated rings. The average molecular weight is 331 g/mol. The van der Waals surface area contributed by atoms with Gasteiger partial charge in [0.2, 0.25) is 5.91 Å². The Morgan fingerprint density at radius 2 is 1.83 bits per heavy atom. The normalized spacial score (nSPS) is 16.3. The molecule has 1 aliphatic rings. The van der Waals surface area contributed by atoms with Crippen molar-refractivity contribution in [3.05, 3.63) is 29.8 Å². The van der Waals surface area contributed by atoms with Gasteiger partial charge in [-0.3, -0.25) is 9.59 Å². The number of carbonyl (C=O) groups excluding carboxylic acids is 1. The molecule has 23 heavy (non-hydrogen) atoms. The third kappa shape index (κ3) is 5.15. The average Bonchev–Trinajstić information content (AvgIpc) is 2.36. The van der Waals surface area contributed by atoms with Crippen LogP contribution in [0.1, 0.15) is 31.2 Å². The van der Waals surface area contributed by atoms with Gasteiger partial charge in [-0.1, -0.05) is 12.1 Å². The quantitative estimate of drug-likeness (QED) is 0.840. The number of carboxylic acids is 1. The highest BCUT2D eigenvalue weighted by Gasteiger charge is 2.40. The molecule has 2 N–H and O–H groups in total. The first-order valence-corrected chi connectivity index (χ1v) is 7.05. The fourth-order valence-corrected chi connectivity index (χ4v) is 2.57.